The molecular weight excluding hydrogens is 198 g/mol. The molecule has 0 atom stereocenters. The summed E-state index contributed by atoms with van der Waals surface area (Å²) < 4.78 is 0. The molecule has 1 aromatic rings. The zero-order chi connectivity index (χ0) is 11.0. The first-order valence-electron chi connectivity index (χ1n) is 6.09. The molecule has 2 aliphatic heterocycles. The maximum Gasteiger partial charge on any atom is 0.0416 e. The minimum atomic E-state index is 1.04. The van der Waals surface area contributed by atoms with E-state index < -0.39 is 0 Å². The van der Waals surface area contributed by atoms with Gasteiger partial charge in [0.2, 0.25) is 0 Å². The van der Waals surface area contributed by atoms with Crippen molar-refractivity contribution in [3.8, 4) is 0 Å². The molecule has 1 N–H and O–H groups in total. The minimum Gasteiger partial charge on any atom is -0.369 e. The van der Waals surface area contributed by atoms with E-state index in [1.165, 1.54) is 29.9 Å². The molecule has 0 spiro atoms. The van der Waals surface area contributed by atoms with Crippen molar-refractivity contribution in [3.05, 3.63) is 29.3 Å². The molecule has 16 heavy (non-hydrogen) atoms. The number of anilines is 1. The molecule has 1 aromatic carbocycles. The molecule has 0 amide bonds. The van der Waals surface area contributed by atoms with E-state index in [4.69, 9.17) is 0 Å². The SMILES string of the molecule is CN1CCN(c2cccc3c2CNC3)CC1. The number of rotatable bonds is 1. The van der Waals surface area contributed by atoms with Crippen LogP contribution in [0.25, 0.3) is 0 Å². The number of hydrogen-bond donors (Lipinski definition) is 1. The van der Waals surface area contributed by atoms with Crippen molar-refractivity contribution in [2.45, 2.75) is 13.1 Å². The van der Waals surface area contributed by atoms with Crippen molar-refractivity contribution in [1.29, 1.82) is 0 Å². The summed E-state index contributed by atoms with van der Waals surface area (Å²) in [6.07, 6.45) is 0. The van der Waals surface area contributed by atoms with Crippen molar-refractivity contribution in [2.24, 2.45) is 0 Å². The Morgan fingerprint density at radius 2 is 1.88 bits per heavy atom. The van der Waals surface area contributed by atoms with Crippen molar-refractivity contribution in [3.63, 3.8) is 0 Å². The first kappa shape index (κ1) is 10.1. The number of piperazine rings is 1. The fourth-order valence-corrected chi connectivity index (χ4v) is 2.66. The highest BCUT2D eigenvalue weighted by Gasteiger charge is 2.20. The molecule has 0 bridgehead atoms. The number of hydrogen-bond acceptors (Lipinski definition) is 3. The van der Waals surface area contributed by atoms with Crippen LogP contribution in [-0.4, -0.2) is 38.1 Å². The van der Waals surface area contributed by atoms with Gasteiger partial charge in [0.25, 0.3) is 0 Å². The van der Waals surface area contributed by atoms with Crippen molar-refractivity contribution in [2.75, 3.05) is 38.1 Å². The Labute approximate surface area is 97.0 Å². The third-order valence-corrected chi connectivity index (χ3v) is 3.71. The fourth-order valence-electron chi connectivity index (χ4n) is 2.66. The average molecular weight is 217 g/mol. The minimum absolute atomic E-state index is 1.04. The topological polar surface area (TPSA) is 18.5 Å². The third-order valence-electron chi connectivity index (χ3n) is 3.71. The van der Waals surface area contributed by atoms with E-state index in [0.717, 1.165) is 26.2 Å². The Morgan fingerprint density at radius 3 is 2.69 bits per heavy atom. The molecule has 1 saturated heterocycles. The molecule has 86 valence electrons. The van der Waals surface area contributed by atoms with Gasteiger partial charge in [-0.15, -0.1) is 0 Å². The lowest BCUT2D eigenvalue weighted by Gasteiger charge is -2.35. The van der Waals surface area contributed by atoms with Gasteiger partial charge in [-0.1, -0.05) is 12.1 Å². The van der Waals surface area contributed by atoms with Gasteiger partial charge in [0, 0.05) is 45.0 Å². The van der Waals surface area contributed by atoms with Crippen LogP contribution in [0, 0.1) is 0 Å². The number of nitrogens with zero attached hydrogens (tertiary/aromatic N) is 2. The van der Waals surface area contributed by atoms with Gasteiger partial charge in [-0.2, -0.15) is 0 Å². The monoisotopic (exact) mass is 217 g/mol. The van der Waals surface area contributed by atoms with Gasteiger partial charge in [0.1, 0.15) is 0 Å². The van der Waals surface area contributed by atoms with E-state index in [1.54, 1.807) is 0 Å². The second kappa shape index (κ2) is 4.07. The molecule has 0 saturated carbocycles. The summed E-state index contributed by atoms with van der Waals surface area (Å²) in [6, 6.07) is 6.71. The normalized spacial score (nSPS) is 21.2. The molecule has 0 radical (unpaired) electrons. The predicted octanol–water partition coefficient (Wildman–Crippen LogP) is 1.04. The second-order valence-electron chi connectivity index (χ2n) is 4.81. The molecule has 3 rings (SSSR count). The molecule has 1 fully saturated rings. The Kier molecular flexibility index (Phi) is 2.58. The second-order valence-corrected chi connectivity index (χ2v) is 4.81. The van der Waals surface area contributed by atoms with Crippen molar-refractivity contribution < 1.29 is 0 Å². The Balaban J connectivity index is 1.87. The highest BCUT2D eigenvalue weighted by atomic mass is 15.2. The number of nitrogens with one attached hydrogen (secondary N) is 1. The third kappa shape index (κ3) is 1.70. The molecular formula is C13H19N3. The molecule has 0 unspecified atom stereocenters. The van der Waals surface area contributed by atoms with Gasteiger partial charge in [-0.05, 0) is 24.2 Å². The van der Waals surface area contributed by atoms with E-state index in [1.807, 2.05) is 0 Å². The highest BCUT2D eigenvalue weighted by molar-refractivity contribution is 5.58. The van der Waals surface area contributed by atoms with Gasteiger partial charge in [-0.3, -0.25) is 0 Å². The highest BCUT2D eigenvalue weighted by Crippen LogP contribution is 2.27. The van der Waals surface area contributed by atoms with Crippen LogP contribution in [0.5, 0.6) is 0 Å². The molecule has 0 aromatic heterocycles. The predicted molar refractivity (Wildman–Crippen MR) is 66.7 cm³/mol. The molecule has 2 heterocycles. The Morgan fingerprint density at radius 1 is 1.06 bits per heavy atom. The maximum atomic E-state index is 3.44. The molecule has 3 heteroatoms. The van der Waals surface area contributed by atoms with Gasteiger partial charge < -0.3 is 15.1 Å². The van der Waals surface area contributed by atoms with Gasteiger partial charge in [0.15, 0.2) is 0 Å². The van der Waals surface area contributed by atoms with E-state index in [0.29, 0.717) is 0 Å². The summed E-state index contributed by atoms with van der Waals surface area (Å²) in [5.74, 6) is 0. The Hall–Kier alpha value is -1.06. The maximum absolute atomic E-state index is 3.44. The fraction of sp³-hybridized carbons (Fsp3) is 0.538. The standard InChI is InChI=1S/C13H19N3/c1-15-5-7-16(8-6-15)13-4-2-3-11-9-14-10-12(11)13/h2-4,14H,5-10H2,1H3. The van der Waals surface area contributed by atoms with Gasteiger partial charge >= 0.3 is 0 Å². The molecule has 2 aliphatic rings. The van der Waals surface area contributed by atoms with E-state index >= 15 is 0 Å². The van der Waals surface area contributed by atoms with Crippen LogP contribution < -0.4 is 10.2 Å². The largest absolute Gasteiger partial charge is 0.369 e. The lowest BCUT2D eigenvalue weighted by molar-refractivity contribution is 0.312. The lowest BCUT2D eigenvalue weighted by atomic mass is 10.1. The quantitative estimate of drug-likeness (QED) is 0.758. The molecule has 3 nitrogen and oxygen atoms in total. The zero-order valence-corrected chi connectivity index (χ0v) is 9.87. The van der Waals surface area contributed by atoms with Gasteiger partial charge in [-0.25, -0.2) is 0 Å². The number of likely N-dealkylation sites (N-methyl/N-ethyl adjacent to an activating group) is 1. The van der Waals surface area contributed by atoms with Crippen molar-refractivity contribution >= 4 is 5.69 Å². The van der Waals surface area contributed by atoms with Crippen molar-refractivity contribution in [1.82, 2.24) is 10.2 Å². The average Bonchev–Trinajstić information content (AvgIpc) is 2.78. The van der Waals surface area contributed by atoms with Crippen LogP contribution in [0.15, 0.2) is 18.2 Å². The smallest absolute Gasteiger partial charge is 0.0416 e. The van der Waals surface area contributed by atoms with E-state index in [9.17, 15) is 0 Å². The van der Waals surface area contributed by atoms with Crippen LogP contribution in [0.4, 0.5) is 5.69 Å². The lowest BCUT2D eigenvalue weighted by Crippen LogP contribution is -2.44. The Bertz CT molecular complexity index is 381. The van der Waals surface area contributed by atoms with Crippen LogP contribution in [0.1, 0.15) is 11.1 Å². The summed E-state index contributed by atoms with van der Waals surface area (Å²) in [6.45, 7) is 6.75. The van der Waals surface area contributed by atoms with E-state index in [-0.39, 0.29) is 0 Å². The zero-order valence-electron chi connectivity index (χ0n) is 9.87. The van der Waals surface area contributed by atoms with E-state index in [2.05, 4.69) is 40.4 Å². The summed E-state index contributed by atoms with van der Waals surface area (Å²) in [5.41, 5.74) is 4.46. The molecule has 0 aliphatic carbocycles. The van der Waals surface area contributed by atoms with Gasteiger partial charge in [0.05, 0.1) is 0 Å². The first-order chi connectivity index (χ1) is 7.84. The van der Waals surface area contributed by atoms with Crippen LogP contribution in [0.2, 0.25) is 0 Å². The number of fused-ring (bicyclic) bond motifs is 1. The summed E-state index contributed by atoms with van der Waals surface area (Å²) in [5, 5.41) is 3.44. The first-order valence-corrected chi connectivity index (χ1v) is 6.09. The summed E-state index contributed by atoms with van der Waals surface area (Å²) in [4.78, 5) is 4.93. The van der Waals surface area contributed by atoms with Crippen LogP contribution in [-0.2, 0) is 13.1 Å². The van der Waals surface area contributed by atoms with Crippen LogP contribution in [0.3, 0.4) is 0 Å². The number of benzene rings is 1. The van der Waals surface area contributed by atoms with Crippen LogP contribution >= 0.6 is 0 Å². The summed E-state index contributed by atoms with van der Waals surface area (Å²) in [7, 11) is 2.20. The summed E-state index contributed by atoms with van der Waals surface area (Å²) >= 11 is 0.